The zero-order chi connectivity index (χ0) is 15.5. The maximum Gasteiger partial charge on any atom is 0.221 e. The predicted octanol–water partition coefficient (Wildman–Crippen LogP) is 2.24. The number of hydrogen-bond acceptors (Lipinski definition) is 5. The second-order valence-electron chi connectivity index (χ2n) is 4.65. The maximum absolute atomic E-state index is 12.2. The molecular weight excluding hydrogens is 280 g/mol. The van der Waals surface area contributed by atoms with Gasteiger partial charge in [-0.05, 0) is 24.3 Å². The number of hydrogen-bond donors (Lipinski definition) is 1. The number of para-hydroxylation sites is 1. The second-order valence-corrected chi connectivity index (χ2v) is 4.65. The minimum absolute atomic E-state index is 0.206. The van der Waals surface area contributed by atoms with Crippen molar-refractivity contribution in [2.24, 2.45) is 10.9 Å². The van der Waals surface area contributed by atoms with Crippen molar-refractivity contribution in [2.45, 2.75) is 0 Å². The molecule has 5 nitrogen and oxygen atoms in total. The van der Waals surface area contributed by atoms with E-state index < -0.39 is 0 Å². The quantitative estimate of drug-likeness (QED) is 0.581. The van der Waals surface area contributed by atoms with Gasteiger partial charge in [0.25, 0.3) is 0 Å². The van der Waals surface area contributed by atoms with Gasteiger partial charge in [-0.3, -0.25) is 4.79 Å². The maximum atomic E-state index is 12.2. The molecule has 5 heteroatoms. The molecule has 0 spiro atoms. The van der Waals surface area contributed by atoms with Crippen molar-refractivity contribution in [1.29, 1.82) is 0 Å². The molecule has 0 aliphatic rings. The first-order chi connectivity index (χ1) is 10.7. The number of nitrogens with two attached hydrogens (primary N) is 1. The SMILES string of the molecule is COc1ccccc1-c1c/c(=N/N)c2ccccc(=O)c2o1. The first-order valence-electron chi connectivity index (χ1n) is 6.69. The molecule has 0 amide bonds. The van der Waals surface area contributed by atoms with Crippen molar-refractivity contribution >= 4 is 11.0 Å². The van der Waals surface area contributed by atoms with Gasteiger partial charge in [-0.15, -0.1) is 0 Å². The van der Waals surface area contributed by atoms with Crippen LogP contribution in [-0.2, 0) is 0 Å². The van der Waals surface area contributed by atoms with Crippen LogP contribution in [0.3, 0.4) is 0 Å². The zero-order valence-corrected chi connectivity index (χ0v) is 11.9. The van der Waals surface area contributed by atoms with E-state index in [0.29, 0.717) is 22.3 Å². The van der Waals surface area contributed by atoms with Gasteiger partial charge in [-0.1, -0.05) is 24.3 Å². The molecule has 0 unspecified atom stereocenters. The van der Waals surface area contributed by atoms with E-state index in [-0.39, 0.29) is 11.0 Å². The largest absolute Gasteiger partial charge is 0.496 e. The van der Waals surface area contributed by atoms with Gasteiger partial charge in [0.1, 0.15) is 11.5 Å². The summed E-state index contributed by atoms with van der Waals surface area (Å²) < 4.78 is 11.1. The highest BCUT2D eigenvalue weighted by Crippen LogP contribution is 2.29. The van der Waals surface area contributed by atoms with Crippen LogP contribution in [0.25, 0.3) is 22.3 Å². The number of benzene rings is 1. The summed E-state index contributed by atoms with van der Waals surface area (Å²) in [6.07, 6.45) is 0. The number of fused-ring (bicyclic) bond motifs is 1. The van der Waals surface area contributed by atoms with E-state index in [1.54, 1.807) is 31.4 Å². The van der Waals surface area contributed by atoms with E-state index in [4.69, 9.17) is 15.0 Å². The van der Waals surface area contributed by atoms with Gasteiger partial charge in [0.2, 0.25) is 5.43 Å². The fraction of sp³-hybridized carbons (Fsp3) is 0.0588. The third-order valence-electron chi connectivity index (χ3n) is 3.36. The third-order valence-corrected chi connectivity index (χ3v) is 3.36. The molecule has 0 saturated carbocycles. The van der Waals surface area contributed by atoms with Crippen molar-refractivity contribution in [1.82, 2.24) is 0 Å². The van der Waals surface area contributed by atoms with Gasteiger partial charge in [0.05, 0.1) is 18.0 Å². The van der Waals surface area contributed by atoms with Gasteiger partial charge < -0.3 is 15.0 Å². The van der Waals surface area contributed by atoms with E-state index in [9.17, 15) is 4.79 Å². The Labute approximate surface area is 126 Å². The van der Waals surface area contributed by atoms with Crippen molar-refractivity contribution in [2.75, 3.05) is 7.11 Å². The molecule has 110 valence electrons. The summed E-state index contributed by atoms with van der Waals surface area (Å²) in [4.78, 5) is 12.2. The lowest BCUT2D eigenvalue weighted by Gasteiger charge is -2.07. The lowest BCUT2D eigenvalue weighted by molar-refractivity contribution is 0.415. The van der Waals surface area contributed by atoms with Crippen molar-refractivity contribution < 1.29 is 9.15 Å². The predicted molar refractivity (Wildman–Crippen MR) is 84.2 cm³/mol. The normalized spacial score (nSPS) is 11.6. The highest BCUT2D eigenvalue weighted by atomic mass is 16.5. The van der Waals surface area contributed by atoms with Crippen molar-refractivity contribution in [3.05, 3.63) is 70.2 Å². The van der Waals surface area contributed by atoms with E-state index in [2.05, 4.69) is 5.10 Å². The Morgan fingerprint density at radius 3 is 2.59 bits per heavy atom. The second kappa shape index (κ2) is 5.73. The van der Waals surface area contributed by atoms with E-state index in [1.165, 1.54) is 6.07 Å². The minimum Gasteiger partial charge on any atom is -0.496 e. The van der Waals surface area contributed by atoms with Gasteiger partial charge in [0.15, 0.2) is 5.58 Å². The lowest BCUT2D eigenvalue weighted by Crippen LogP contribution is -2.09. The number of methoxy groups -OCH3 is 1. The first kappa shape index (κ1) is 13.9. The molecule has 1 aromatic heterocycles. The van der Waals surface area contributed by atoms with Gasteiger partial charge in [0, 0.05) is 11.5 Å². The van der Waals surface area contributed by atoms with Crippen LogP contribution in [0.1, 0.15) is 0 Å². The molecule has 3 rings (SSSR count). The van der Waals surface area contributed by atoms with Crippen LogP contribution in [0.15, 0.2) is 68.9 Å². The summed E-state index contributed by atoms with van der Waals surface area (Å²) in [6.45, 7) is 0. The highest BCUT2D eigenvalue weighted by Gasteiger charge is 2.11. The average molecular weight is 294 g/mol. The molecule has 0 atom stereocenters. The summed E-state index contributed by atoms with van der Waals surface area (Å²) in [5.74, 6) is 6.58. The molecule has 0 bridgehead atoms. The van der Waals surface area contributed by atoms with Crippen LogP contribution >= 0.6 is 0 Å². The first-order valence-corrected chi connectivity index (χ1v) is 6.69. The number of nitrogens with zero attached hydrogens (tertiary/aromatic N) is 1. The highest BCUT2D eigenvalue weighted by molar-refractivity contribution is 5.78. The Hall–Kier alpha value is -3.08. The van der Waals surface area contributed by atoms with Crippen LogP contribution in [0.4, 0.5) is 0 Å². The van der Waals surface area contributed by atoms with Crippen molar-refractivity contribution in [3.8, 4) is 17.1 Å². The molecule has 22 heavy (non-hydrogen) atoms. The molecule has 0 aliphatic heterocycles. The Morgan fingerprint density at radius 1 is 1.09 bits per heavy atom. The number of ether oxygens (including phenoxy) is 1. The molecular formula is C17H14N2O3. The van der Waals surface area contributed by atoms with Crippen LogP contribution in [0.5, 0.6) is 5.75 Å². The molecule has 0 radical (unpaired) electrons. The fourth-order valence-corrected chi connectivity index (χ4v) is 2.31. The Kier molecular flexibility index (Phi) is 3.62. The Morgan fingerprint density at radius 2 is 1.82 bits per heavy atom. The Balaban J connectivity index is 2.44. The minimum atomic E-state index is -0.235. The zero-order valence-electron chi connectivity index (χ0n) is 11.9. The monoisotopic (exact) mass is 294 g/mol. The fourth-order valence-electron chi connectivity index (χ4n) is 2.31. The summed E-state index contributed by atoms with van der Waals surface area (Å²) >= 11 is 0. The molecule has 3 aromatic rings. The summed E-state index contributed by atoms with van der Waals surface area (Å²) in [5, 5.41) is 4.82. The average Bonchev–Trinajstić information content (AvgIpc) is 2.76. The standard InChI is InChI=1S/C17H14N2O3/c1-21-15-9-5-3-7-12(15)16-10-13(19-18)11-6-2-4-8-14(20)17(11)22-16/h2-10H,18H2,1H3/b19-13-. The van der Waals surface area contributed by atoms with E-state index >= 15 is 0 Å². The van der Waals surface area contributed by atoms with E-state index in [0.717, 1.165) is 5.56 Å². The summed E-state index contributed by atoms with van der Waals surface area (Å²) in [7, 11) is 1.58. The molecule has 1 heterocycles. The smallest absolute Gasteiger partial charge is 0.221 e. The van der Waals surface area contributed by atoms with Gasteiger partial charge in [-0.2, -0.15) is 5.10 Å². The Bertz CT molecular complexity index is 961. The van der Waals surface area contributed by atoms with Gasteiger partial charge >= 0.3 is 0 Å². The van der Waals surface area contributed by atoms with Crippen LogP contribution < -0.4 is 21.4 Å². The molecule has 0 fully saturated rings. The topological polar surface area (TPSA) is 77.8 Å². The van der Waals surface area contributed by atoms with Crippen LogP contribution in [0, 0.1) is 0 Å². The molecule has 2 N–H and O–H groups in total. The molecule has 0 aliphatic carbocycles. The summed E-state index contributed by atoms with van der Waals surface area (Å²) in [5.41, 5.74) is 0.696. The molecule has 2 aromatic carbocycles. The van der Waals surface area contributed by atoms with Crippen molar-refractivity contribution in [3.63, 3.8) is 0 Å². The van der Waals surface area contributed by atoms with Crippen LogP contribution in [-0.4, -0.2) is 7.11 Å². The third kappa shape index (κ3) is 2.33. The lowest BCUT2D eigenvalue weighted by atomic mass is 10.1. The van der Waals surface area contributed by atoms with E-state index in [1.807, 2.05) is 24.3 Å². The van der Waals surface area contributed by atoms with Crippen LogP contribution in [0.2, 0.25) is 0 Å². The molecule has 0 saturated heterocycles. The summed E-state index contributed by atoms with van der Waals surface area (Å²) in [6, 6.07) is 15.7. The van der Waals surface area contributed by atoms with Gasteiger partial charge in [-0.25, -0.2) is 0 Å². The number of rotatable bonds is 2.